The Balaban J connectivity index is 2.31. The molecule has 1 rings (SSSR count). The minimum absolute atomic E-state index is 0.210. The number of carbonyl (C=O) groups is 2. The molecule has 0 aliphatic heterocycles. The van der Waals surface area contributed by atoms with Gasteiger partial charge in [0.25, 0.3) is 5.91 Å². The fourth-order valence-electron chi connectivity index (χ4n) is 1.33. The van der Waals surface area contributed by atoms with Gasteiger partial charge in [0.1, 0.15) is 5.82 Å². The molecule has 17 heavy (non-hydrogen) atoms. The van der Waals surface area contributed by atoms with Crippen molar-refractivity contribution in [2.24, 2.45) is 5.73 Å². The van der Waals surface area contributed by atoms with Crippen molar-refractivity contribution in [1.29, 1.82) is 0 Å². The number of hydrogen-bond acceptors (Lipinski definition) is 4. The zero-order chi connectivity index (χ0) is 12.7. The van der Waals surface area contributed by atoms with E-state index in [-0.39, 0.29) is 17.6 Å². The van der Waals surface area contributed by atoms with Crippen molar-refractivity contribution in [1.82, 2.24) is 10.3 Å². The number of nitrogens with two attached hydrogens (primary N) is 2. The van der Waals surface area contributed by atoms with Gasteiger partial charge in [0.15, 0.2) is 0 Å². The summed E-state index contributed by atoms with van der Waals surface area (Å²) in [4.78, 5) is 25.9. The molecule has 0 aliphatic rings. The summed E-state index contributed by atoms with van der Waals surface area (Å²) in [6.07, 6.45) is 3.23. The quantitative estimate of drug-likeness (QED) is 0.606. The average molecular weight is 236 g/mol. The second kappa shape index (κ2) is 6.47. The van der Waals surface area contributed by atoms with Crippen molar-refractivity contribution in [3.05, 3.63) is 23.9 Å². The molecule has 0 unspecified atom stereocenters. The number of nitrogen functional groups attached to an aromatic ring is 1. The summed E-state index contributed by atoms with van der Waals surface area (Å²) in [5.74, 6) is -0.371. The van der Waals surface area contributed by atoms with Crippen LogP contribution in [-0.2, 0) is 4.79 Å². The topological polar surface area (TPSA) is 111 Å². The third-order valence-corrected chi connectivity index (χ3v) is 2.22. The van der Waals surface area contributed by atoms with Gasteiger partial charge in [0.2, 0.25) is 5.91 Å². The molecule has 5 N–H and O–H groups in total. The molecular formula is C11H16N4O2. The molecule has 1 aromatic rings. The predicted octanol–water partition coefficient (Wildman–Crippen LogP) is 0.0492. The molecule has 6 nitrogen and oxygen atoms in total. The van der Waals surface area contributed by atoms with Crippen LogP contribution >= 0.6 is 0 Å². The summed E-state index contributed by atoms with van der Waals surface area (Å²) in [6.45, 7) is 0.487. The molecule has 0 saturated carbocycles. The number of aromatic nitrogens is 1. The molecule has 0 atom stereocenters. The number of amides is 2. The van der Waals surface area contributed by atoms with Crippen LogP contribution < -0.4 is 16.8 Å². The van der Waals surface area contributed by atoms with Gasteiger partial charge >= 0.3 is 0 Å². The predicted molar refractivity (Wildman–Crippen MR) is 64.0 cm³/mol. The van der Waals surface area contributed by atoms with Crippen molar-refractivity contribution in [2.75, 3.05) is 12.3 Å². The minimum Gasteiger partial charge on any atom is -0.383 e. The standard InChI is InChI=1S/C11H16N4O2/c12-9(16)5-1-2-6-15-11(17)8-4-3-7-14-10(8)13/h3-4,7H,1-2,5-6H2,(H2,12,16)(H2,13,14)(H,15,17). The van der Waals surface area contributed by atoms with Crippen LogP contribution in [0.1, 0.15) is 29.6 Å². The number of carbonyl (C=O) groups excluding carboxylic acids is 2. The molecule has 2 amide bonds. The second-order valence-electron chi connectivity index (χ2n) is 3.62. The normalized spacial score (nSPS) is 9.88. The molecule has 0 radical (unpaired) electrons. The lowest BCUT2D eigenvalue weighted by Crippen LogP contribution is -2.25. The van der Waals surface area contributed by atoms with E-state index in [0.717, 1.165) is 0 Å². The van der Waals surface area contributed by atoms with Gasteiger partial charge in [-0.25, -0.2) is 4.98 Å². The minimum atomic E-state index is -0.326. The Morgan fingerprint density at radius 2 is 2.12 bits per heavy atom. The highest BCUT2D eigenvalue weighted by Crippen LogP contribution is 2.06. The summed E-state index contributed by atoms with van der Waals surface area (Å²) in [7, 11) is 0. The molecule has 0 spiro atoms. The number of pyridine rings is 1. The lowest BCUT2D eigenvalue weighted by atomic mass is 10.2. The molecular weight excluding hydrogens is 220 g/mol. The van der Waals surface area contributed by atoms with Crippen LogP contribution in [0.2, 0.25) is 0 Å². The molecule has 0 bridgehead atoms. The van der Waals surface area contributed by atoms with E-state index in [0.29, 0.717) is 31.4 Å². The first kappa shape index (κ1) is 13.0. The highest BCUT2D eigenvalue weighted by molar-refractivity contribution is 5.98. The summed E-state index contributed by atoms with van der Waals surface area (Å²) < 4.78 is 0. The van der Waals surface area contributed by atoms with E-state index in [4.69, 9.17) is 11.5 Å². The van der Waals surface area contributed by atoms with Gasteiger partial charge in [-0.15, -0.1) is 0 Å². The zero-order valence-corrected chi connectivity index (χ0v) is 9.48. The highest BCUT2D eigenvalue weighted by atomic mass is 16.2. The van der Waals surface area contributed by atoms with Crippen LogP contribution in [-0.4, -0.2) is 23.3 Å². The van der Waals surface area contributed by atoms with Gasteiger partial charge < -0.3 is 16.8 Å². The molecule has 1 aromatic heterocycles. The van der Waals surface area contributed by atoms with Crippen LogP contribution in [0.3, 0.4) is 0 Å². The first-order chi connectivity index (χ1) is 8.11. The van der Waals surface area contributed by atoms with Crippen LogP contribution in [0.25, 0.3) is 0 Å². The average Bonchev–Trinajstić information content (AvgIpc) is 2.28. The number of nitrogens with zero attached hydrogens (tertiary/aromatic N) is 1. The van der Waals surface area contributed by atoms with Crippen LogP contribution in [0.15, 0.2) is 18.3 Å². The Bertz CT molecular complexity index is 406. The van der Waals surface area contributed by atoms with E-state index in [1.807, 2.05) is 0 Å². The van der Waals surface area contributed by atoms with Gasteiger partial charge in [-0.05, 0) is 25.0 Å². The van der Waals surface area contributed by atoms with E-state index in [1.54, 1.807) is 12.1 Å². The van der Waals surface area contributed by atoms with Crippen LogP contribution in [0.5, 0.6) is 0 Å². The number of nitrogens with one attached hydrogen (secondary N) is 1. The fourth-order valence-corrected chi connectivity index (χ4v) is 1.33. The maximum Gasteiger partial charge on any atom is 0.255 e. The summed E-state index contributed by atoms with van der Waals surface area (Å²) in [5, 5.41) is 2.70. The van der Waals surface area contributed by atoms with Gasteiger partial charge in [0.05, 0.1) is 5.56 Å². The summed E-state index contributed by atoms with van der Waals surface area (Å²) >= 11 is 0. The van der Waals surface area contributed by atoms with Gasteiger partial charge in [-0.1, -0.05) is 0 Å². The number of unbranched alkanes of at least 4 members (excludes halogenated alkanes) is 1. The molecule has 1 heterocycles. The maximum atomic E-state index is 11.6. The number of anilines is 1. The Morgan fingerprint density at radius 1 is 1.35 bits per heavy atom. The van der Waals surface area contributed by atoms with Gasteiger partial charge in [-0.3, -0.25) is 9.59 Å². The van der Waals surface area contributed by atoms with E-state index in [2.05, 4.69) is 10.3 Å². The zero-order valence-electron chi connectivity index (χ0n) is 9.48. The lowest BCUT2D eigenvalue weighted by Gasteiger charge is -2.06. The number of hydrogen-bond donors (Lipinski definition) is 3. The second-order valence-corrected chi connectivity index (χ2v) is 3.62. The Morgan fingerprint density at radius 3 is 2.76 bits per heavy atom. The third kappa shape index (κ3) is 4.50. The van der Waals surface area contributed by atoms with Gasteiger partial charge in [0, 0.05) is 19.2 Å². The Kier molecular flexibility index (Phi) is 4.93. The molecule has 92 valence electrons. The van der Waals surface area contributed by atoms with E-state index in [1.165, 1.54) is 6.20 Å². The van der Waals surface area contributed by atoms with E-state index in [9.17, 15) is 9.59 Å². The van der Waals surface area contributed by atoms with Crippen molar-refractivity contribution in [2.45, 2.75) is 19.3 Å². The fraction of sp³-hybridized carbons (Fsp3) is 0.364. The third-order valence-electron chi connectivity index (χ3n) is 2.22. The molecule has 0 saturated heterocycles. The molecule has 0 aliphatic carbocycles. The van der Waals surface area contributed by atoms with E-state index < -0.39 is 0 Å². The molecule has 0 fully saturated rings. The number of rotatable bonds is 6. The summed E-state index contributed by atoms with van der Waals surface area (Å²) in [5.41, 5.74) is 10.9. The molecule has 0 aromatic carbocycles. The SMILES string of the molecule is NC(=O)CCCCNC(=O)c1cccnc1N. The first-order valence-electron chi connectivity index (χ1n) is 5.38. The van der Waals surface area contributed by atoms with Gasteiger partial charge in [-0.2, -0.15) is 0 Å². The summed E-state index contributed by atoms with van der Waals surface area (Å²) in [6, 6.07) is 3.26. The first-order valence-corrected chi connectivity index (χ1v) is 5.38. The lowest BCUT2D eigenvalue weighted by molar-refractivity contribution is -0.118. The van der Waals surface area contributed by atoms with Crippen molar-refractivity contribution >= 4 is 17.6 Å². The maximum absolute atomic E-state index is 11.6. The van der Waals surface area contributed by atoms with Crippen LogP contribution in [0.4, 0.5) is 5.82 Å². The van der Waals surface area contributed by atoms with Crippen LogP contribution in [0, 0.1) is 0 Å². The molecule has 6 heteroatoms. The van der Waals surface area contributed by atoms with Crippen molar-refractivity contribution < 1.29 is 9.59 Å². The highest BCUT2D eigenvalue weighted by Gasteiger charge is 2.08. The monoisotopic (exact) mass is 236 g/mol. The largest absolute Gasteiger partial charge is 0.383 e. The van der Waals surface area contributed by atoms with E-state index >= 15 is 0 Å². The Hall–Kier alpha value is -2.11. The van der Waals surface area contributed by atoms with Crippen molar-refractivity contribution in [3.8, 4) is 0 Å². The smallest absolute Gasteiger partial charge is 0.255 e. The Labute approximate surface area is 99.4 Å². The van der Waals surface area contributed by atoms with Crippen molar-refractivity contribution in [3.63, 3.8) is 0 Å². The number of primary amides is 1.